The fraction of sp³-hybridized carbons (Fsp3) is 0.267. The molecule has 1 atom stereocenters. The maximum atomic E-state index is 6.10. The summed E-state index contributed by atoms with van der Waals surface area (Å²) in [4.78, 5) is 14.9. The van der Waals surface area contributed by atoms with Crippen LogP contribution in [-0.2, 0) is 5.54 Å². The van der Waals surface area contributed by atoms with Gasteiger partial charge < -0.3 is 10.5 Å². The number of aliphatic imine (C=N–C) groups is 1. The lowest BCUT2D eigenvalue weighted by Gasteiger charge is -2.35. The van der Waals surface area contributed by atoms with E-state index >= 15 is 0 Å². The minimum absolute atomic E-state index is 0.454. The molecule has 0 spiro atoms. The molecule has 2 N–H and O–H groups in total. The van der Waals surface area contributed by atoms with Crippen molar-refractivity contribution in [2.75, 3.05) is 18.6 Å². The number of hydrogen-bond donors (Lipinski definition) is 1. The minimum atomic E-state index is -0.454. The van der Waals surface area contributed by atoms with Gasteiger partial charge in [0.2, 0.25) is 0 Å². The number of aromatic nitrogens is 2. The van der Waals surface area contributed by atoms with Gasteiger partial charge in [-0.3, -0.25) is 19.9 Å². The zero-order chi connectivity index (χ0) is 14.9. The van der Waals surface area contributed by atoms with Gasteiger partial charge in [0, 0.05) is 24.1 Å². The van der Waals surface area contributed by atoms with E-state index in [1.165, 1.54) is 0 Å². The molecule has 1 unspecified atom stereocenters. The predicted octanol–water partition coefficient (Wildman–Crippen LogP) is 1.54. The standard InChI is InChI=1S/C15H17N5O/c1-15(13-9-17-6-7-18-13)10-19-14(16)20(15)11-4-3-5-12(8-11)21-2/h3-9H,10H2,1-2H3,(H2,16,19). The quantitative estimate of drug-likeness (QED) is 0.924. The van der Waals surface area contributed by atoms with E-state index in [4.69, 9.17) is 10.5 Å². The number of nitrogens with zero attached hydrogens (tertiary/aromatic N) is 4. The van der Waals surface area contributed by atoms with Crippen LogP contribution in [0.1, 0.15) is 12.6 Å². The first kappa shape index (κ1) is 13.4. The van der Waals surface area contributed by atoms with Crippen LogP contribution in [0.4, 0.5) is 5.69 Å². The molecule has 0 saturated heterocycles. The molecule has 1 aromatic heterocycles. The Morgan fingerprint density at radius 1 is 1.33 bits per heavy atom. The Kier molecular flexibility index (Phi) is 3.21. The first-order valence-corrected chi connectivity index (χ1v) is 6.66. The van der Waals surface area contributed by atoms with Crippen LogP contribution in [0, 0.1) is 0 Å². The van der Waals surface area contributed by atoms with Crippen LogP contribution in [0.25, 0.3) is 0 Å². The molecular weight excluding hydrogens is 266 g/mol. The van der Waals surface area contributed by atoms with Gasteiger partial charge in [0.25, 0.3) is 0 Å². The van der Waals surface area contributed by atoms with E-state index in [2.05, 4.69) is 21.9 Å². The van der Waals surface area contributed by atoms with Gasteiger partial charge in [-0.1, -0.05) is 6.07 Å². The number of anilines is 1. The average molecular weight is 283 g/mol. The smallest absolute Gasteiger partial charge is 0.196 e. The number of hydrogen-bond acceptors (Lipinski definition) is 6. The molecule has 21 heavy (non-hydrogen) atoms. The number of benzene rings is 1. The third-order valence-corrected chi connectivity index (χ3v) is 3.70. The molecule has 0 saturated carbocycles. The van der Waals surface area contributed by atoms with Crippen LogP contribution in [0.15, 0.2) is 47.8 Å². The largest absolute Gasteiger partial charge is 0.497 e. The SMILES string of the molecule is COc1cccc(N2C(N)=NCC2(C)c2cnccn2)c1. The second-order valence-corrected chi connectivity index (χ2v) is 5.08. The molecule has 0 aliphatic carbocycles. The summed E-state index contributed by atoms with van der Waals surface area (Å²) in [6.07, 6.45) is 5.09. The summed E-state index contributed by atoms with van der Waals surface area (Å²) >= 11 is 0. The normalized spacial score (nSPS) is 21.2. The molecule has 6 nitrogen and oxygen atoms in total. The van der Waals surface area contributed by atoms with E-state index in [-0.39, 0.29) is 0 Å². The van der Waals surface area contributed by atoms with E-state index in [1.807, 2.05) is 29.2 Å². The molecule has 1 aliphatic heterocycles. The van der Waals surface area contributed by atoms with Gasteiger partial charge in [-0.25, -0.2) is 0 Å². The first-order chi connectivity index (χ1) is 10.1. The summed E-state index contributed by atoms with van der Waals surface area (Å²) in [5.41, 5.74) is 7.40. The zero-order valence-electron chi connectivity index (χ0n) is 12.0. The van der Waals surface area contributed by atoms with E-state index in [0.29, 0.717) is 12.5 Å². The number of nitrogens with two attached hydrogens (primary N) is 1. The van der Waals surface area contributed by atoms with Crippen molar-refractivity contribution in [3.63, 3.8) is 0 Å². The van der Waals surface area contributed by atoms with Crippen LogP contribution in [0.2, 0.25) is 0 Å². The maximum absolute atomic E-state index is 6.10. The van der Waals surface area contributed by atoms with Crippen molar-refractivity contribution in [2.45, 2.75) is 12.5 Å². The highest BCUT2D eigenvalue weighted by molar-refractivity contribution is 5.98. The fourth-order valence-electron chi connectivity index (χ4n) is 2.57. The van der Waals surface area contributed by atoms with Gasteiger partial charge in [-0.15, -0.1) is 0 Å². The van der Waals surface area contributed by atoms with Crippen molar-refractivity contribution in [1.29, 1.82) is 0 Å². The van der Waals surface area contributed by atoms with Gasteiger partial charge in [0.1, 0.15) is 11.3 Å². The van der Waals surface area contributed by atoms with E-state index in [1.54, 1.807) is 25.7 Å². The van der Waals surface area contributed by atoms with Crippen LogP contribution in [-0.4, -0.2) is 29.6 Å². The van der Waals surface area contributed by atoms with Crippen LogP contribution < -0.4 is 15.4 Å². The Labute approximate surface area is 123 Å². The lowest BCUT2D eigenvalue weighted by molar-refractivity contribution is 0.414. The summed E-state index contributed by atoms with van der Waals surface area (Å²) in [5.74, 6) is 1.24. The molecule has 0 radical (unpaired) electrons. The molecule has 2 heterocycles. The molecule has 0 amide bonds. The van der Waals surface area contributed by atoms with Crippen LogP contribution >= 0.6 is 0 Å². The lowest BCUT2D eigenvalue weighted by atomic mass is 9.96. The van der Waals surface area contributed by atoms with Gasteiger partial charge in [-0.2, -0.15) is 0 Å². The minimum Gasteiger partial charge on any atom is -0.497 e. The van der Waals surface area contributed by atoms with E-state index in [0.717, 1.165) is 17.1 Å². The second-order valence-electron chi connectivity index (χ2n) is 5.08. The third-order valence-electron chi connectivity index (χ3n) is 3.70. The number of guanidine groups is 1. The highest BCUT2D eigenvalue weighted by Gasteiger charge is 2.42. The highest BCUT2D eigenvalue weighted by Crippen LogP contribution is 2.36. The summed E-state index contributed by atoms with van der Waals surface area (Å²) in [6.45, 7) is 2.59. The molecule has 0 fully saturated rings. The van der Waals surface area contributed by atoms with Crippen molar-refractivity contribution >= 4 is 11.6 Å². The first-order valence-electron chi connectivity index (χ1n) is 6.66. The fourth-order valence-corrected chi connectivity index (χ4v) is 2.57. The Morgan fingerprint density at radius 3 is 2.90 bits per heavy atom. The van der Waals surface area contributed by atoms with Gasteiger partial charge in [-0.05, 0) is 19.1 Å². The topological polar surface area (TPSA) is 76.6 Å². The van der Waals surface area contributed by atoms with Gasteiger partial charge in [0.15, 0.2) is 5.96 Å². The Hall–Kier alpha value is -2.63. The highest BCUT2D eigenvalue weighted by atomic mass is 16.5. The van der Waals surface area contributed by atoms with Gasteiger partial charge in [0.05, 0.1) is 25.5 Å². The van der Waals surface area contributed by atoms with Crippen molar-refractivity contribution in [1.82, 2.24) is 9.97 Å². The summed E-state index contributed by atoms with van der Waals surface area (Å²) in [6, 6.07) is 7.73. The number of methoxy groups -OCH3 is 1. The third kappa shape index (κ3) is 2.18. The summed E-state index contributed by atoms with van der Waals surface area (Å²) in [7, 11) is 1.64. The summed E-state index contributed by atoms with van der Waals surface area (Å²) < 4.78 is 5.29. The second kappa shape index (κ2) is 5.05. The molecule has 1 aliphatic rings. The predicted molar refractivity (Wildman–Crippen MR) is 81.3 cm³/mol. The zero-order valence-corrected chi connectivity index (χ0v) is 12.0. The molecule has 2 aromatic rings. The van der Waals surface area contributed by atoms with Gasteiger partial charge >= 0.3 is 0 Å². The molecule has 108 valence electrons. The summed E-state index contributed by atoms with van der Waals surface area (Å²) in [5, 5.41) is 0. The molecular formula is C15H17N5O. The van der Waals surface area contributed by atoms with Crippen LogP contribution in [0.5, 0.6) is 5.75 Å². The number of ether oxygens (including phenoxy) is 1. The van der Waals surface area contributed by atoms with Crippen molar-refractivity contribution in [2.24, 2.45) is 10.7 Å². The Balaban J connectivity index is 2.07. The molecule has 0 bridgehead atoms. The van der Waals surface area contributed by atoms with Crippen LogP contribution in [0.3, 0.4) is 0 Å². The van der Waals surface area contributed by atoms with Crippen molar-refractivity contribution < 1.29 is 4.74 Å². The van der Waals surface area contributed by atoms with Crippen molar-refractivity contribution in [3.05, 3.63) is 48.5 Å². The Morgan fingerprint density at radius 2 is 2.19 bits per heavy atom. The molecule has 3 rings (SSSR count). The molecule has 6 heteroatoms. The Bertz CT molecular complexity index is 673. The lowest BCUT2D eigenvalue weighted by Crippen LogP contribution is -2.48. The monoisotopic (exact) mass is 283 g/mol. The molecule has 1 aromatic carbocycles. The number of rotatable bonds is 3. The van der Waals surface area contributed by atoms with E-state index in [9.17, 15) is 0 Å². The maximum Gasteiger partial charge on any atom is 0.196 e. The van der Waals surface area contributed by atoms with E-state index < -0.39 is 5.54 Å². The average Bonchev–Trinajstić information content (AvgIpc) is 2.85. The van der Waals surface area contributed by atoms with Crippen molar-refractivity contribution in [3.8, 4) is 5.75 Å².